The van der Waals surface area contributed by atoms with E-state index >= 15 is 0 Å². The van der Waals surface area contributed by atoms with E-state index in [2.05, 4.69) is 10.3 Å². The Bertz CT molecular complexity index is 644. The van der Waals surface area contributed by atoms with E-state index in [9.17, 15) is 9.59 Å². The van der Waals surface area contributed by atoms with Gasteiger partial charge in [-0.1, -0.05) is 0 Å². The lowest BCUT2D eigenvalue weighted by molar-refractivity contribution is 0.102. The van der Waals surface area contributed by atoms with Crippen LogP contribution in [0.4, 0.5) is 11.4 Å². The largest absolute Gasteiger partial charge is 0.495 e. The highest BCUT2D eigenvalue weighted by Crippen LogP contribution is 2.24. The summed E-state index contributed by atoms with van der Waals surface area (Å²) in [4.78, 5) is 25.2. The van der Waals surface area contributed by atoms with Gasteiger partial charge in [0.2, 0.25) is 5.56 Å². The highest BCUT2D eigenvalue weighted by atomic mass is 16.5. The van der Waals surface area contributed by atoms with Crippen molar-refractivity contribution >= 4 is 17.3 Å². The standard InChI is InChI=1S/C13H13N3O3/c1-19-11-4-3-9(6-10(11)14)16-13(18)8-2-5-12(17)15-7-8/h2-7H,14H2,1H3,(H,15,17)(H,16,18). The number of aromatic nitrogens is 1. The highest BCUT2D eigenvalue weighted by molar-refractivity contribution is 6.04. The number of carbonyl (C=O) groups is 1. The summed E-state index contributed by atoms with van der Waals surface area (Å²) in [6.45, 7) is 0. The van der Waals surface area contributed by atoms with Crippen LogP contribution in [0, 0.1) is 0 Å². The zero-order valence-corrected chi connectivity index (χ0v) is 10.3. The zero-order chi connectivity index (χ0) is 13.8. The molecule has 98 valence electrons. The van der Waals surface area contributed by atoms with Crippen LogP contribution in [0.15, 0.2) is 41.3 Å². The van der Waals surface area contributed by atoms with Crippen LogP contribution in [0.25, 0.3) is 0 Å². The molecule has 0 saturated carbocycles. The Kier molecular flexibility index (Phi) is 3.51. The molecule has 0 atom stereocenters. The monoisotopic (exact) mass is 259 g/mol. The minimum absolute atomic E-state index is 0.259. The Hall–Kier alpha value is -2.76. The molecule has 2 aromatic rings. The van der Waals surface area contributed by atoms with Gasteiger partial charge in [0.05, 0.1) is 18.4 Å². The number of ether oxygens (including phenoxy) is 1. The molecule has 1 aromatic carbocycles. The molecule has 1 aromatic heterocycles. The molecule has 4 N–H and O–H groups in total. The van der Waals surface area contributed by atoms with Gasteiger partial charge < -0.3 is 20.8 Å². The summed E-state index contributed by atoms with van der Waals surface area (Å²) in [6.07, 6.45) is 1.35. The Morgan fingerprint density at radius 1 is 1.32 bits per heavy atom. The second-order valence-corrected chi connectivity index (χ2v) is 3.85. The van der Waals surface area contributed by atoms with Gasteiger partial charge in [0, 0.05) is 18.0 Å². The predicted molar refractivity (Wildman–Crippen MR) is 72.4 cm³/mol. The minimum Gasteiger partial charge on any atom is -0.495 e. The van der Waals surface area contributed by atoms with Crippen molar-refractivity contribution in [2.45, 2.75) is 0 Å². The first-order chi connectivity index (χ1) is 9.10. The minimum atomic E-state index is -0.333. The number of nitrogen functional groups attached to an aromatic ring is 1. The molecule has 6 nitrogen and oxygen atoms in total. The van der Waals surface area contributed by atoms with Crippen LogP contribution in [-0.4, -0.2) is 18.0 Å². The Balaban J connectivity index is 2.17. The molecule has 0 spiro atoms. The normalized spacial score (nSPS) is 9.95. The molecule has 0 bridgehead atoms. The van der Waals surface area contributed by atoms with Crippen molar-refractivity contribution in [3.63, 3.8) is 0 Å². The number of hydrogen-bond donors (Lipinski definition) is 3. The van der Waals surface area contributed by atoms with Crippen LogP contribution in [0.2, 0.25) is 0 Å². The number of rotatable bonds is 3. The summed E-state index contributed by atoms with van der Waals surface area (Å²) in [7, 11) is 1.52. The van der Waals surface area contributed by atoms with Gasteiger partial charge in [-0.05, 0) is 24.3 Å². The lowest BCUT2D eigenvalue weighted by atomic mass is 10.2. The van der Waals surface area contributed by atoms with Gasteiger partial charge in [-0.3, -0.25) is 9.59 Å². The van der Waals surface area contributed by atoms with Gasteiger partial charge in [-0.25, -0.2) is 0 Å². The first kappa shape index (κ1) is 12.7. The Labute approximate surface area is 109 Å². The van der Waals surface area contributed by atoms with Crippen molar-refractivity contribution in [3.05, 3.63) is 52.4 Å². The van der Waals surface area contributed by atoms with Crippen molar-refractivity contribution in [2.75, 3.05) is 18.2 Å². The third-order valence-corrected chi connectivity index (χ3v) is 2.53. The number of nitrogens with two attached hydrogens (primary N) is 1. The number of aromatic amines is 1. The maximum atomic E-state index is 11.9. The molecule has 0 aliphatic rings. The van der Waals surface area contributed by atoms with Gasteiger partial charge in [0.25, 0.3) is 5.91 Å². The van der Waals surface area contributed by atoms with Crippen LogP contribution in [0.1, 0.15) is 10.4 Å². The first-order valence-electron chi connectivity index (χ1n) is 5.54. The molecule has 0 aliphatic carbocycles. The number of hydrogen-bond acceptors (Lipinski definition) is 4. The van der Waals surface area contributed by atoms with E-state index in [1.807, 2.05) is 0 Å². The topological polar surface area (TPSA) is 97.2 Å². The van der Waals surface area contributed by atoms with Gasteiger partial charge >= 0.3 is 0 Å². The fourth-order valence-corrected chi connectivity index (χ4v) is 1.57. The average Bonchev–Trinajstić information content (AvgIpc) is 2.39. The van der Waals surface area contributed by atoms with E-state index in [1.54, 1.807) is 18.2 Å². The molecule has 0 unspecified atom stereocenters. The van der Waals surface area contributed by atoms with Crippen molar-refractivity contribution in [1.82, 2.24) is 4.98 Å². The van der Waals surface area contributed by atoms with Crippen molar-refractivity contribution in [3.8, 4) is 5.75 Å². The third kappa shape index (κ3) is 2.92. The molecule has 0 fully saturated rings. The lowest BCUT2D eigenvalue weighted by Crippen LogP contribution is -2.14. The number of methoxy groups -OCH3 is 1. The maximum absolute atomic E-state index is 11.9. The number of benzene rings is 1. The number of carbonyl (C=O) groups excluding carboxylic acids is 1. The van der Waals surface area contributed by atoms with Crippen LogP contribution >= 0.6 is 0 Å². The van der Waals surface area contributed by atoms with Gasteiger partial charge in [0.15, 0.2) is 0 Å². The van der Waals surface area contributed by atoms with Crippen LogP contribution < -0.4 is 21.3 Å². The second kappa shape index (κ2) is 5.26. The summed E-state index contributed by atoms with van der Waals surface area (Å²) >= 11 is 0. The van der Waals surface area contributed by atoms with E-state index in [1.165, 1.54) is 25.4 Å². The average molecular weight is 259 g/mol. The van der Waals surface area contributed by atoms with E-state index in [0.717, 1.165) is 0 Å². The van der Waals surface area contributed by atoms with Gasteiger partial charge in [-0.15, -0.1) is 0 Å². The molecule has 1 heterocycles. The summed E-state index contributed by atoms with van der Waals surface area (Å²) in [5.41, 5.74) is 6.82. The van der Waals surface area contributed by atoms with E-state index in [4.69, 9.17) is 10.5 Å². The van der Waals surface area contributed by atoms with Gasteiger partial charge in [-0.2, -0.15) is 0 Å². The molecule has 6 heteroatoms. The SMILES string of the molecule is COc1ccc(NC(=O)c2ccc(=O)[nH]c2)cc1N. The Morgan fingerprint density at radius 2 is 2.11 bits per heavy atom. The second-order valence-electron chi connectivity index (χ2n) is 3.85. The number of nitrogens with one attached hydrogen (secondary N) is 2. The van der Waals surface area contributed by atoms with Crippen LogP contribution in [0.5, 0.6) is 5.75 Å². The van der Waals surface area contributed by atoms with Crippen molar-refractivity contribution in [2.24, 2.45) is 0 Å². The fraction of sp³-hybridized carbons (Fsp3) is 0.0769. The molecular weight excluding hydrogens is 246 g/mol. The number of H-pyrrole nitrogens is 1. The maximum Gasteiger partial charge on any atom is 0.257 e. The molecule has 0 saturated heterocycles. The lowest BCUT2D eigenvalue weighted by Gasteiger charge is -2.08. The van der Waals surface area contributed by atoms with E-state index in [0.29, 0.717) is 22.7 Å². The molecule has 0 radical (unpaired) electrons. The van der Waals surface area contributed by atoms with Crippen molar-refractivity contribution in [1.29, 1.82) is 0 Å². The summed E-state index contributed by atoms with van der Waals surface area (Å²) in [6, 6.07) is 7.68. The highest BCUT2D eigenvalue weighted by Gasteiger charge is 2.07. The van der Waals surface area contributed by atoms with Crippen LogP contribution in [-0.2, 0) is 0 Å². The smallest absolute Gasteiger partial charge is 0.257 e. The van der Waals surface area contributed by atoms with E-state index < -0.39 is 0 Å². The summed E-state index contributed by atoms with van der Waals surface area (Å²) in [5, 5.41) is 2.67. The Morgan fingerprint density at radius 3 is 2.68 bits per heavy atom. The van der Waals surface area contributed by atoms with E-state index in [-0.39, 0.29) is 11.5 Å². The van der Waals surface area contributed by atoms with Crippen LogP contribution in [0.3, 0.4) is 0 Å². The van der Waals surface area contributed by atoms with Crippen molar-refractivity contribution < 1.29 is 9.53 Å². The third-order valence-electron chi connectivity index (χ3n) is 2.53. The molecule has 0 aliphatic heterocycles. The predicted octanol–water partition coefficient (Wildman–Crippen LogP) is 1.22. The quantitative estimate of drug-likeness (QED) is 0.722. The number of pyridine rings is 1. The molecular formula is C13H13N3O3. The van der Waals surface area contributed by atoms with Gasteiger partial charge in [0.1, 0.15) is 5.75 Å². The number of anilines is 2. The first-order valence-corrected chi connectivity index (χ1v) is 5.54. The zero-order valence-electron chi connectivity index (χ0n) is 10.3. The molecule has 19 heavy (non-hydrogen) atoms. The summed E-state index contributed by atoms with van der Waals surface area (Å²) in [5.74, 6) is 0.211. The summed E-state index contributed by atoms with van der Waals surface area (Å²) < 4.78 is 5.03. The number of amides is 1. The molecule has 2 rings (SSSR count). The molecule has 1 amide bonds. The fourth-order valence-electron chi connectivity index (χ4n) is 1.57.